The van der Waals surface area contributed by atoms with Gasteiger partial charge < -0.3 is 15.4 Å². The van der Waals surface area contributed by atoms with Crippen molar-refractivity contribution in [3.8, 4) is 0 Å². The Morgan fingerprint density at radius 1 is 1.15 bits per heavy atom. The van der Waals surface area contributed by atoms with Crippen LogP contribution in [0.2, 0.25) is 5.02 Å². The van der Waals surface area contributed by atoms with Crippen molar-refractivity contribution in [1.29, 1.82) is 0 Å². The van der Waals surface area contributed by atoms with Crippen LogP contribution in [0, 0.1) is 0 Å². The summed E-state index contributed by atoms with van der Waals surface area (Å²) in [6.45, 7) is 0.413. The molecule has 0 aliphatic heterocycles. The van der Waals surface area contributed by atoms with Gasteiger partial charge in [0, 0.05) is 11.6 Å². The third kappa shape index (κ3) is 4.08. The highest BCUT2D eigenvalue weighted by molar-refractivity contribution is 6.51. The molecule has 0 fully saturated rings. The Kier molecular flexibility index (Phi) is 5.62. The maximum absolute atomic E-state index is 10.0. The molecular weight excluding hydrogens is 272 g/mol. The third-order valence-electron chi connectivity index (χ3n) is 3.18. The van der Waals surface area contributed by atoms with Crippen molar-refractivity contribution < 1.29 is 10.2 Å². The van der Waals surface area contributed by atoms with Gasteiger partial charge >= 0.3 is 0 Å². The van der Waals surface area contributed by atoms with Gasteiger partial charge in [-0.2, -0.15) is 0 Å². The molecule has 0 heterocycles. The summed E-state index contributed by atoms with van der Waals surface area (Å²) in [4.78, 5) is 0. The lowest BCUT2D eigenvalue weighted by Crippen LogP contribution is -2.35. The molecule has 0 aliphatic rings. The molecule has 0 aromatic heterocycles. The van der Waals surface area contributed by atoms with E-state index >= 15 is 0 Å². The molecule has 2 rings (SSSR count). The van der Waals surface area contributed by atoms with Crippen LogP contribution in [0.1, 0.15) is 17.2 Å². The number of hydrogen-bond acceptors (Lipinski definition) is 3. The molecule has 0 saturated carbocycles. The molecular formula is C15H17BClNO2. The largest absolute Gasteiger partial charge is 0.392 e. The van der Waals surface area contributed by atoms with Crippen molar-refractivity contribution >= 4 is 24.5 Å². The molecule has 104 valence electrons. The fraction of sp³-hybridized carbons (Fsp3) is 0.200. The molecule has 20 heavy (non-hydrogen) atoms. The zero-order chi connectivity index (χ0) is 14.4. The molecule has 0 radical (unpaired) electrons. The highest BCUT2D eigenvalue weighted by Gasteiger charge is 2.08. The monoisotopic (exact) mass is 289 g/mol. The molecule has 3 nitrogen and oxygen atoms in total. The fourth-order valence-corrected chi connectivity index (χ4v) is 2.25. The molecule has 0 bridgehead atoms. The molecule has 2 aromatic carbocycles. The third-order valence-corrected chi connectivity index (χ3v) is 3.41. The summed E-state index contributed by atoms with van der Waals surface area (Å²) in [7, 11) is 0.580. The van der Waals surface area contributed by atoms with Crippen LogP contribution < -0.4 is 10.7 Å². The normalized spacial score (nSPS) is 12.2. The molecule has 1 atom stereocenters. The maximum Gasteiger partial charge on any atom is 0.236 e. The van der Waals surface area contributed by atoms with Crippen molar-refractivity contribution in [2.75, 3.05) is 6.54 Å². The van der Waals surface area contributed by atoms with Crippen LogP contribution in [-0.4, -0.2) is 24.2 Å². The molecule has 3 N–H and O–H groups in total. The van der Waals surface area contributed by atoms with Gasteiger partial charge in [-0.15, -0.1) is 0 Å². The first-order valence-corrected chi connectivity index (χ1v) is 6.90. The quantitative estimate of drug-likeness (QED) is 0.699. The van der Waals surface area contributed by atoms with Crippen LogP contribution >= 0.6 is 11.6 Å². The fourth-order valence-electron chi connectivity index (χ4n) is 2.05. The SMILES string of the molecule is OCc1cc(Cl)ccc1BNCC(O)c1ccccc1. The van der Waals surface area contributed by atoms with E-state index in [1.54, 1.807) is 12.1 Å². The van der Waals surface area contributed by atoms with Crippen molar-refractivity contribution in [3.05, 3.63) is 64.7 Å². The van der Waals surface area contributed by atoms with Crippen molar-refractivity contribution in [2.45, 2.75) is 12.7 Å². The van der Waals surface area contributed by atoms with Gasteiger partial charge in [0.15, 0.2) is 0 Å². The van der Waals surface area contributed by atoms with E-state index in [4.69, 9.17) is 11.6 Å². The molecule has 0 spiro atoms. The molecule has 2 aromatic rings. The van der Waals surface area contributed by atoms with E-state index in [2.05, 4.69) is 5.23 Å². The van der Waals surface area contributed by atoms with E-state index in [9.17, 15) is 10.2 Å². The van der Waals surface area contributed by atoms with Gasteiger partial charge in [-0.05, 0) is 23.3 Å². The van der Waals surface area contributed by atoms with E-state index in [0.29, 0.717) is 19.0 Å². The van der Waals surface area contributed by atoms with Crippen molar-refractivity contribution in [3.63, 3.8) is 0 Å². The zero-order valence-corrected chi connectivity index (χ0v) is 11.8. The number of rotatable bonds is 6. The number of benzene rings is 2. The van der Waals surface area contributed by atoms with Crippen LogP contribution in [0.4, 0.5) is 0 Å². The second-order valence-electron chi connectivity index (χ2n) is 4.63. The van der Waals surface area contributed by atoms with Crippen molar-refractivity contribution in [1.82, 2.24) is 5.23 Å². The lowest BCUT2D eigenvalue weighted by atomic mass is 9.79. The van der Waals surface area contributed by atoms with E-state index in [-0.39, 0.29) is 6.61 Å². The molecule has 0 saturated heterocycles. The van der Waals surface area contributed by atoms with E-state index in [0.717, 1.165) is 16.6 Å². The summed E-state index contributed by atoms with van der Waals surface area (Å²) < 4.78 is 0. The zero-order valence-electron chi connectivity index (χ0n) is 11.1. The van der Waals surface area contributed by atoms with Gasteiger partial charge in [0.2, 0.25) is 7.41 Å². The number of nitrogens with one attached hydrogen (secondary N) is 1. The van der Waals surface area contributed by atoms with Gasteiger partial charge in [-0.3, -0.25) is 0 Å². The summed E-state index contributed by atoms with van der Waals surface area (Å²) in [6, 6.07) is 15.0. The predicted molar refractivity (Wildman–Crippen MR) is 83.6 cm³/mol. The van der Waals surface area contributed by atoms with Crippen molar-refractivity contribution in [2.24, 2.45) is 0 Å². The van der Waals surface area contributed by atoms with Crippen LogP contribution in [0.5, 0.6) is 0 Å². The minimum atomic E-state index is -0.541. The average molecular weight is 290 g/mol. The Morgan fingerprint density at radius 3 is 2.60 bits per heavy atom. The first-order valence-electron chi connectivity index (χ1n) is 6.52. The van der Waals surface area contributed by atoms with Crippen LogP contribution in [-0.2, 0) is 6.61 Å². The van der Waals surface area contributed by atoms with E-state index < -0.39 is 6.10 Å². The highest BCUT2D eigenvalue weighted by Crippen LogP contribution is 2.11. The Bertz CT molecular complexity index is 551. The Labute approximate surface area is 124 Å². The highest BCUT2D eigenvalue weighted by atomic mass is 35.5. The van der Waals surface area contributed by atoms with Gasteiger partial charge in [0.25, 0.3) is 0 Å². The summed E-state index contributed by atoms with van der Waals surface area (Å²) >= 11 is 5.89. The first kappa shape index (κ1) is 15.1. The molecule has 1 unspecified atom stereocenters. The topological polar surface area (TPSA) is 52.5 Å². The molecule has 0 aliphatic carbocycles. The number of hydrogen-bond donors (Lipinski definition) is 3. The minimum absolute atomic E-state index is 0.0428. The predicted octanol–water partition coefficient (Wildman–Crippen LogP) is 1.13. The average Bonchev–Trinajstić information content (AvgIpc) is 2.49. The summed E-state index contributed by atoms with van der Waals surface area (Å²) in [5, 5.41) is 23.1. The summed E-state index contributed by atoms with van der Waals surface area (Å²) in [5.74, 6) is 0. The van der Waals surface area contributed by atoms with Crippen LogP contribution in [0.15, 0.2) is 48.5 Å². The number of aliphatic hydroxyl groups is 2. The van der Waals surface area contributed by atoms with Gasteiger partial charge in [-0.1, -0.05) is 53.5 Å². The lowest BCUT2D eigenvalue weighted by Gasteiger charge is -2.13. The smallest absolute Gasteiger partial charge is 0.236 e. The summed E-state index contributed by atoms with van der Waals surface area (Å²) in [5.41, 5.74) is 2.68. The number of halogens is 1. The van der Waals surface area contributed by atoms with Crippen LogP contribution in [0.3, 0.4) is 0 Å². The second kappa shape index (κ2) is 7.46. The summed E-state index contributed by atoms with van der Waals surface area (Å²) in [6.07, 6.45) is -0.541. The molecule has 5 heteroatoms. The van der Waals surface area contributed by atoms with Crippen LogP contribution in [0.25, 0.3) is 0 Å². The standard InChI is InChI=1S/C15H17BClNO2/c17-13-6-7-14(12(8-13)10-19)16-18-9-15(20)11-4-2-1-3-5-11/h1-8,15-16,18-20H,9-10H2. The van der Waals surface area contributed by atoms with Gasteiger partial charge in [0.05, 0.1) is 12.7 Å². The Balaban J connectivity index is 1.90. The van der Waals surface area contributed by atoms with Gasteiger partial charge in [0.1, 0.15) is 0 Å². The Hall–Kier alpha value is -1.33. The maximum atomic E-state index is 10.0. The second-order valence-corrected chi connectivity index (χ2v) is 5.06. The number of aliphatic hydroxyl groups excluding tert-OH is 2. The lowest BCUT2D eigenvalue weighted by molar-refractivity contribution is 0.182. The minimum Gasteiger partial charge on any atom is -0.392 e. The first-order chi connectivity index (χ1) is 9.70. The Morgan fingerprint density at radius 2 is 1.90 bits per heavy atom. The van der Waals surface area contributed by atoms with Gasteiger partial charge in [-0.25, -0.2) is 0 Å². The van der Waals surface area contributed by atoms with E-state index in [1.807, 2.05) is 36.4 Å². The molecule has 0 amide bonds. The van der Waals surface area contributed by atoms with E-state index in [1.165, 1.54) is 0 Å².